The molecule has 2 rings (SSSR count). The van der Waals surface area contributed by atoms with Crippen LogP contribution in [-0.2, 0) is 10.0 Å². The highest BCUT2D eigenvalue weighted by Crippen LogP contribution is 2.37. The molecule has 2 aromatic heterocycles. The van der Waals surface area contributed by atoms with E-state index < -0.39 is 14.9 Å². The van der Waals surface area contributed by atoms with Gasteiger partial charge in [-0.25, -0.2) is 8.42 Å². The van der Waals surface area contributed by atoms with Crippen LogP contribution in [0.3, 0.4) is 0 Å². The first kappa shape index (κ1) is 15.2. The highest BCUT2D eigenvalue weighted by atomic mass is 32.2. The fraction of sp³-hybridized carbons (Fsp3) is 0.182. The molecule has 0 atom stereocenters. The van der Waals surface area contributed by atoms with Crippen LogP contribution in [0.2, 0.25) is 0 Å². The van der Waals surface area contributed by atoms with Gasteiger partial charge in [-0.2, -0.15) is 0 Å². The van der Waals surface area contributed by atoms with E-state index in [2.05, 4.69) is 15.0 Å². The number of nitrogens with zero attached hydrogens (tertiary/aromatic N) is 2. The van der Waals surface area contributed by atoms with Crippen molar-refractivity contribution in [1.82, 2.24) is 4.98 Å². The zero-order chi connectivity index (χ0) is 15.6. The number of sulfonamides is 1. The van der Waals surface area contributed by atoms with Crippen molar-refractivity contribution in [3.05, 3.63) is 40.2 Å². The molecular weight excluding hydrogens is 316 g/mol. The van der Waals surface area contributed by atoms with Crippen LogP contribution in [0.15, 0.2) is 28.6 Å². The van der Waals surface area contributed by atoms with Crippen LogP contribution in [0, 0.1) is 17.0 Å². The van der Waals surface area contributed by atoms with Gasteiger partial charge in [-0.1, -0.05) is 11.3 Å². The summed E-state index contributed by atoms with van der Waals surface area (Å²) in [6.07, 6.45) is 1.48. The Hall–Kier alpha value is -2.20. The lowest BCUT2D eigenvalue weighted by Crippen LogP contribution is -2.11. The molecule has 0 unspecified atom stereocenters. The normalized spacial score (nSPS) is 11.1. The first-order valence-electron chi connectivity index (χ1n) is 5.75. The zero-order valence-corrected chi connectivity index (χ0v) is 12.8. The number of nitro groups is 1. The predicted octanol–water partition coefficient (Wildman–Crippen LogP) is 2.20. The molecule has 0 fully saturated rings. The van der Waals surface area contributed by atoms with Gasteiger partial charge < -0.3 is 5.32 Å². The minimum Gasteiger partial charge on any atom is -0.374 e. The monoisotopic (exact) mass is 328 g/mol. The third kappa shape index (κ3) is 3.28. The molecule has 2 N–H and O–H groups in total. The minimum absolute atomic E-state index is 0.131. The maximum atomic E-state index is 12.2. The van der Waals surface area contributed by atoms with E-state index in [-0.39, 0.29) is 14.9 Å². The summed E-state index contributed by atoms with van der Waals surface area (Å²) in [6, 6.07) is 4.11. The van der Waals surface area contributed by atoms with Gasteiger partial charge in [-0.15, -0.1) is 0 Å². The average molecular weight is 328 g/mol. The maximum Gasteiger partial charge on any atom is 0.304 e. The average Bonchev–Trinajstić information content (AvgIpc) is 2.83. The third-order valence-electron chi connectivity index (χ3n) is 2.53. The van der Waals surface area contributed by atoms with E-state index in [4.69, 9.17) is 0 Å². The van der Waals surface area contributed by atoms with E-state index in [1.165, 1.54) is 19.3 Å². The number of aryl methyl sites for hydroxylation is 1. The van der Waals surface area contributed by atoms with Gasteiger partial charge in [0.15, 0.2) is 5.00 Å². The van der Waals surface area contributed by atoms with Gasteiger partial charge in [0, 0.05) is 25.0 Å². The summed E-state index contributed by atoms with van der Waals surface area (Å²) in [5.41, 5.74) is 0.738. The van der Waals surface area contributed by atoms with E-state index in [9.17, 15) is 18.5 Å². The number of thiophene rings is 1. The van der Waals surface area contributed by atoms with Crippen molar-refractivity contribution in [3.63, 3.8) is 0 Å². The largest absolute Gasteiger partial charge is 0.374 e. The summed E-state index contributed by atoms with van der Waals surface area (Å²) in [5.74, 6) is 0. The molecule has 0 radical (unpaired) electrons. The molecular formula is C11H12N4O4S2. The number of hydrogen-bond donors (Lipinski definition) is 2. The summed E-state index contributed by atoms with van der Waals surface area (Å²) in [4.78, 5) is 14.2. The van der Waals surface area contributed by atoms with E-state index >= 15 is 0 Å². The Labute approximate surface area is 125 Å². The Morgan fingerprint density at radius 3 is 2.62 bits per heavy atom. The molecule has 0 saturated carbocycles. The maximum absolute atomic E-state index is 12.2. The number of pyridine rings is 1. The van der Waals surface area contributed by atoms with Crippen LogP contribution in [-0.4, -0.2) is 25.4 Å². The van der Waals surface area contributed by atoms with Gasteiger partial charge in [0.1, 0.15) is 4.21 Å². The standard InChI is InChI=1S/C11H12N4O4S2/c1-7-5-8(3-4-13-7)14-21(18,19)10-6-9(15(16)17)11(12-2)20-10/h3-6,12H,1-2H3,(H,13,14). The molecule has 10 heteroatoms. The molecule has 0 saturated heterocycles. The molecule has 2 aromatic rings. The summed E-state index contributed by atoms with van der Waals surface area (Å²) >= 11 is 0.799. The molecule has 0 aromatic carbocycles. The fourth-order valence-electron chi connectivity index (χ4n) is 1.62. The molecule has 112 valence electrons. The van der Waals surface area contributed by atoms with Gasteiger partial charge in [-0.05, 0) is 19.1 Å². The minimum atomic E-state index is -3.88. The third-order valence-corrected chi connectivity index (χ3v) is 5.52. The number of rotatable bonds is 5. The predicted molar refractivity (Wildman–Crippen MR) is 80.3 cm³/mol. The Balaban J connectivity index is 2.38. The van der Waals surface area contributed by atoms with Gasteiger partial charge >= 0.3 is 5.69 Å². The molecule has 0 bridgehead atoms. The number of aromatic nitrogens is 1. The highest BCUT2D eigenvalue weighted by Gasteiger charge is 2.25. The van der Waals surface area contributed by atoms with Crippen LogP contribution in [0.5, 0.6) is 0 Å². The highest BCUT2D eigenvalue weighted by molar-refractivity contribution is 7.94. The van der Waals surface area contributed by atoms with Crippen LogP contribution in [0.1, 0.15) is 5.69 Å². The van der Waals surface area contributed by atoms with Crippen LogP contribution in [0.25, 0.3) is 0 Å². The number of nitrogens with one attached hydrogen (secondary N) is 2. The van der Waals surface area contributed by atoms with E-state index in [1.54, 1.807) is 13.0 Å². The van der Waals surface area contributed by atoms with Crippen molar-refractivity contribution in [2.45, 2.75) is 11.1 Å². The first-order valence-corrected chi connectivity index (χ1v) is 8.05. The molecule has 0 aliphatic rings. The summed E-state index contributed by atoms with van der Waals surface area (Å²) in [5, 5.41) is 13.7. The van der Waals surface area contributed by atoms with Crippen molar-refractivity contribution < 1.29 is 13.3 Å². The van der Waals surface area contributed by atoms with Gasteiger partial charge in [0.05, 0.1) is 10.6 Å². The first-order chi connectivity index (χ1) is 9.83. The molecule has 8 nitrogen and oxygen atoms in total. The van der Waals surface area contributed by atoms with Crippen LogP contribution in [0.4, 0.5) is 16.4 Å². The van der Waals surface area contributed by atoms with Crippen molar-refractivity contribution in [3.8, 4) is 0 Å². The van der Waals surface area contributed by atoms with Gasteiger partial charge in [-0.3, -0.25) is 19.8 Å². The second kappa shape index (κ2) is 5.66. The van der Waals surface area contributed by atoms with Crippen molar-refractivity contribution >= 4 is 37.7 Å². The number of anilines is 2. The zero-order valence-electron chi connectivity index (χ0n) is 11.2. The molecule has 2 heterocycles. The lowest BCUT2D eigenvalue weighted by molar-refractivity contribution is -0.383. The lowest BCUT2D eigenvalue weighted by atomic mass is 10.3. The van der Waals surface area contributed by atoms with Crippen LogP contribution >= 0.6 is 11.3 Å². The second-order valence-corrected chi connectivity index (χ2v) is 7.04. The summed E-state index contributed by atoms with van der Waals surface area (Å²) in [7, 11) is -2.38. The molecule has 21 heavy (non-hydrogen) atoms. The Kier molecular flexibility index (Phi) is 4.09. The summed E-state index contributed by atoms with van der Waals surface area (Å²) in [6.45, 7) is 1.73. The Bertz CT molecular complexity index is 785. The second-order valence-electron chi connectivity index (χ2n) is 4.08. The van der Waals surface area contributed by atoms with Crippen LogP contribution < -0.4 is 10.0 Å². The van der Waals surface area contributed by atoms with E-state index in [0.717, 1.165) is 17.4 Å². The van der Waals surface area contributed by atoms with E-state index in [1.807, 2.05) is 0 Å². The van der Waals surface area contributed by atoms with Crippen molar-refractivity contribution in [2.24, 2.45) is 0 Å². The SMILES string of the molecule is CNc1sc(S(=O)(=O)Nc2ccnc(C)c2)cc1[N+](=O)[O-]. The smallest absolute Gasteiger partial charge is 0.304 e. The number of hydrogen-bond acceptors (Lipinski definition) is 7. The quantitative estimate of drug-likeness (QED) is 0.642. The van der Waals surface area contributed by atoms with Crippen molar-refractivity contribution in [2.75, 3.05) is 17.1 Å². The topological polar surface area (TPSA) is 114 Å². The molecule has 0 amide bonds. The lowest BCUT2D eigenvalue weighted by Gasteiger charge is -2.05. The molecule has 0 spiro atoms. The Morgan fingerprint density at radius 1 is 1.38 bits per heavy atom. The Morgan fingerprint density at radius 2 is 2.10 bits per heavy atom. The molecule has 0 aliphatic heterocycles. The summed E-state index contributed by atoms with van der Waals surface area (Å²) < 4.78 is 26.7. The van der Waals surface area contributed by atoms with E-state index in [0.29, 0.717) is 11.4 Å². The van der Waals surface area contributed by atoms with Gasteiger partial charge in [0.25, 0.3) is 10.0 Å². The van der Waals surface area contributed by atoms with Gasteiger partial charge in [0.2, 0.25) is 0 Å². The van der Waals surface area contributed by atoms with Crippen molar-refractivity contribution in [1.29, 1.82) is 0 Å². The fourth-order valence-corrected chi connectivity index (χ4v) is 3.95. The molecule has 0 aliphatic carbocycles.